The number of fused-ring (bicyclic) bond motifs is 1. The number of H-pyrrole nitrogens is 1. The number of para-hydroxylation sites is 1. The van der Waals surface area contributed by atoms with Gasteiger partial charge < -0.3 is 15.3 Å². The van der Waals surface area contributed by atoms with Gasteiger partial charge >= 0.3 is 5.97 Å². The fourth-order valence-electron chi connectivity index (χ4n) is 2.39. The summed E-state index contributed by atoms with van der Waals surface area (Å²) in [6.07, 6.45) is 0.714. The van der Waals surface area contributed by atoms with Crippen molar-refractivity contribution >= 4 is 28.7 Å². The number of hydrogen-bond donors (Lipinski definition) is 3. The van der Waals surface area contributed by atoms with Crippen molar-refractivity contribution in [1.82, 2.24) is 20.4 Å². The Labute approximate surface area is 138 Å². The summed E-state index contributed by atoms with van der Waals surface area (Å²) in [5.41, 5.74) is 1.03. The molecule has 2 rings (SSSR count). The highest BCUT2D eigenvalue weighted by Crippen LogP contribution is 2.14. The lowest BCUT2D eigenvalue weighted by Crippen LogP contribution is -2.38. The molecule has 1 aromatic heterocycles. The third kappa shape index (κ3) is 4.31. The summed E-state index contributed by atoms with van der Waals surface area (Å²) in [5.74, 6) is -1.73. The molecule has 0 saturated carbocycles. The van der Waals surface area contributed by atoms with Crippen molar-refractivity contribution in [3.8, 4) is 0 Å². The van der Waals surface area contributed by atoms with Crippen LogP contribution < -0.4 is 5.32 Å². The maximum Gasteiger partial charge on any atom is 0.323 e. The zero-order chi connectivity index (χ0) is 17.5. The van der Waals surface area contributed by atoms with Gasteiger partial charge in [-0.2, -0.15) is 5.10 Å². The summed E-state index contributed by atoms with van der Waals surface area (Å²) < 4.78 is 0. The Hall–Kier alpha value is -2.90. The number of nitrogens with one attached hydrogen (secondary N) is 2. The van der Waals surface area contributed by atoms with Crippen LogP contribution in [-0.4, -0.2) is 57.6 Å². The van der Waals surface area contributed by atoms with E-state index >= 15 is 0 Å². The second-order valence-corrected chi connectivity index (χ2v) is 5.33. The Morgan fingerprint density at radius 3 is 2.75 bits per heavy atom. The number of aromatic nitrogens is 2. The van der Waals surface area contributed by atoms with Crippen LogP contribution in [0.1, 0.15) is 30.3 Å². The molecular formula is C16H20N4O4. The van der Waals surface area contributed by atoms with Crippen LogP contribution in [0.3, 0.4) is 0 Å². The number of hydrogen-bond acceptors (Lipinski definition) is 4. The highest BCUT2D eigenvalue weighted by atomic mass is 16.4. The molecule has 24 heavy (non-hydrogen) atoms. The van der Waals surface area contributed by atoms with E-state index in [9.17, 15) is 14.4 Å². The number of amides is 2. The van der Waals surface area contributed by atoms with Crippen LogP contribution in [0.5, 0.6) is 0 Å². The fraction of sp³-hybridized carbons (Fsp3) is 0.375. The van der Waals surface area contributed by atoms with E-state index in [0.717, 1.165) is 5.52 Å². The molecule has 2 aromatic rings. The standard InChI is InChI=1S/C16H20N4O4/c1-2-9-20(10-14(22)23)13(21)7-8-17-16(24)15-11-5-3-4-6-12(11)18-19-15/h3-6H,2,7-10H2,1H3,(H,17,24)(H,18,19)(H,22,23). The molecule has 0 aliphatic heterocycles. The summed E-state index contributed by atoms with van der Waals surface area (Å²) in [7, 11) is 0. The largest absolute Gasteiger partial charge is 0.480 e. The molecule has 0 saturated heterocycles. The van der Waals surface area contributed by atoms with Gasteiger partial charge in [0.25, 0.3) is 5.91 Å². The predicted octanol–water partition coefficient (Wildman–Crippen LogP) is 1.01. The summed E-state index contributed by atoms with van der Waals surface area (Å²) >= 11 is 0. The minimum absolute atomic E-state index is 0.0430. The number of carboxylic acids is 1. The molecule has 0 spiro atoms. The van der Waals surface area contributed by atoms with E-state index in [1.807, 2.05) is 25.1 Å². The van der Waals surface area contributed by atoms with Crippen molar-refractivity contribution in [2.45, 2.75) is 19.8 Å². The Kier molecular flexibility index (Phi) is 5.89. The van der Waals surface area contributed by atoms with Crippen molar-refractivity contribution in [2.24, 2.45) is 0 Å². The van der Waals surface area contributed by atoms with Gasteiger partial charge in [-0.25, -0.2) is 0 Å². The molecule has 0 bridgehead atoms. The lowest BCUT2D eigenvalue weighted by atomic mass is 10.2. The molecule has 1 heterocycles. The molecule has 8 nitrogen and oxygen atoms in total. The van der Waals surface area contributed by atoms with Gasteiger partial charge in [0, 0.05) is 24.9 Å². The van der Waals surface area contributed by atoms with Crippen LogP contribution in [0.2, 0.25) is 0 Å². The Morgan fingerprint density at radius 2 is 2.04 bits per heavy atom. The van der Waals surface area contributed by atoms with E-state index in [4.69, 9.17) is 5.11 Å². The Bertz CT molecular complexity index is 741. The number of nitrogens with zero attached hydrogens (tertiary/aromatic N) is 2. The summed E-state index contributed by atoms with van der Waals surface area (Å²) in [6, 6.07) is 7.25. The Balaban J connectivity index is 1.89. The molecule has 1 aromatic carbocycles. The number of carboxylic acid groups (broad SMARTS) is 1. The van der Waals surface area contributed by atoms with Gasteiger partial charge in [0.1, 0.15) is 6.54 Å². The smallest absolute Gasteiger partial charge is 0.323 e. The van der Waals surface area contributed by atoms with Crippen molar-refractivity contribution in [2.75, 3.05) is 19.6 Å². The van der Waals surface area contributed by atoms with Crippen LogP contribution in [0.25, 0.3) is 10.9 Å². The average molecular weight is 332 g/mol. The lowest BCUT2D eigenvalue weighted by Gasteiger charge is -2.19. The maximum atomic E-state index is 12.2. The van der Waals surface area contributed by atoms with Gasteiger partial charge in [0.15, 0.2) is 5.69 Å². The molecule has 128 valence electrons. The SMILES string of the molecule is CCCN(CC(=O)O)C(=O)CCNC(=O)c1n[nH]c2ccccc12. The molecule has 0 unspecified atom stereocenters. The van der Waals surface area contributed by atoms with Gasteiger partial charge in [-0.05, 0) is 12.5 Å². The molecule has 0 aliphatic carbocycles. The molecular weight excluding hydrogens is 312 g/mol. The Morgan fingerprint density at radius 1 is 1.29 bits per heavy atom. The second-order valence-electron chi connectivity index (χ2n) is 5.33. The number of aliphatic carboxylic acids is 1. The average Bonchev–Trinajstić information content (AvgIpc) is 2.98. The van der Waals surface area contributed by atoms with Crippen molar-refractivity contribution in [3.05, 3.63) is 30.0 Å². The van der Waals surface area contributed by atoms with Crippen LogP contribution in [-0.2, 0) is 9.59 Å². The zero-order valence-corrected chi connectivity index (χ0v) is 13.4. The van der Waals surface area contributed by atoms with E-state index in [1.54, 1.807) is 6.07 Å². The van der Waals surface area contributed by atoms with E-state index in [0.29, 0.717) is 18.4 Å². The molecule has 0 aliphatic rings. The minimum atomic E-state index is -1.05. The summed E-state index contributed by atoms with van der Waals surface area (Å²) in [5, 5.41) is 18.9. The first-order valence-electron chi connectivity index (χ1n) is 7.73. The van der Waals surface area contributed by atoms with Crippen molar-refractivity contribution in [1.29, 1.82) is 0 Å². The highest BCUT2D eigenvalue weighted by Gasteiger charge is 2.17. The highest BCUT2D eigenvalue weighted by molar-refractivity contribution is 6.04. The fourth-order valence-corrected chi connectivity index (χ4v) is 2.39. The number of carbonyl (C=O) groups excluding carboxylic acids is 2. The third-order valence-corrected chi connectivity index (χ3v) is 3.48. The number of benzene rings is 1. The van der Waals surface area contributed by atoms with Gasteiger partial charge in [-0.1, -0.05) is 25.1 Å². The van der Waals surface area contributed by atoms with E-state index in [2.05, 4.69) is 15.5 Å². The quantitative estimate of drug-likeness (QED) is 0.667. The second kappa shape index (κ2) is 8.09. The third-order valence-electron chi connectivity index (χ3n) is 3.48. The molecule has 8 heteroatoms. The molecule has 2 amide bonds. The summed E-state index contributed by atoms with van der Waals surface area (Å²) in [6.45, 7) is 2.04. The topological polar surface area (TPSA) is 115 Å². The molecule has 0 radical (unpaired) electrons. The van der Waals surface area contributed by atoms with Crippen LogP contribution in [0.15, 0.2) is 24.3 Å². The minimum Gasteiger partial charge on any atom is -0.480 e. The van der Waals surface area contributed by atoms with Gasteiger partial charge in [-0.3, -0.25) is 19.5 Å². The molecule has 3 N–H and O–H groups in total. The van der Waals surface area contributed by atoms with Crippen molar-refractivity contribution < 1.29 is 19.5 Å². The van der Waals surface area contributed by atoms with Crippen molar-refractivity contribution in [3.63, 3.8) is 0 Å². The van der Waals surface area contributed by atoms with Crippen LogP contribution in [0, 0.1) is 0 Å². The number of aromatic amines is 1. The van der Waals surface area contributed by atoms with E-state index in [1.165, 1.54) is 4.90 Å². The monoisotopic (exact) mass is 332 g/mol. The van der Waals surface area contributed by atoms with Gasteiger partial charge in [-0.15, -0.1) is 0 Å². The van der Waals surface area contributed by atoms with Crippen LogP contribution >= 0.6 is 0 Å². The predicted molar refractivity (Wildman–Crippen MR) is 87.6 cm³/mol. The normalized spacial score (nSPS) is 10.5. The maximum absolute atomic E-state index is 12.2. The zero-order valence-electron chi connectivity index (χ0n) is 13.4. The number of carbonyl (C=O) groups is 3. The first-order valence-corrected chi connectivity index (χ1v) is 7.73. The first kappa shape index (κ1) is 17.5. The van der Waals surface area contributed by atoms with E-state index in [-0.39, 0.29) is 37.0 Å². The molecule has 0 atom stereocenters. The number of rotatable bonds is 8. The molecule has 0 fully saturated rings. The van der Waals surface area contributed by atoms with Gasteiger partial charge in [0.05, 0.1) is 5.52 Å². The van der Waals surface area contributed by atoms with Crippen LogP contribution in [0.4, 0.5) is 0 Å². The van der Waals surface area contributed by atoms with Gasteiger partial charge in [0.2, 0.25) is 5.91 Å². The summed E-state index contributed by atoms with van der Waals surface area (Å²) in [4.78, 5) is 36.3. The first-order chi connectivity index (χ1) is 11.5. The van der Waals surface area contributed by atoms with E-state index < -0.39 is 5.97 Å². The lowest BCUT2D eigenvalue weighted by molar-refractivity contribution is -0.144.